The van der Waals surface area contributed by atoms with Crippen LogP contribution in [0.15, 0.2) is 18.5 Å². The third kappa shape index (κ3) is 3.65. The van der Waals surface area contributed by atoms with Crippen molar-refractivity contribution in [1.82, 2.24) is 9.97 Å². The fourth-order valence-electron chi connectivity index (χ4n) is 0.724. The van der Waals surface area contributed by atoms with Crippen LogP contribution in [0.3, 0.4) is 0 Å². The van der Waals surface area contributed by atoms with E-state index in [4.69, 9.17) is 34.8 Å². The highest BCUT2D eigenvalue weighted by atomic mass is 35.6. The van der Waals surface area contributed by atoms with Crippen LogP contribution >= 0.6 is 34.8 Å². The van der Waals surface area contributed by atoms with Gasteiger partial charge in [-0.2, -0.15) is 0 Å². The van der Waals surface area contributed by atoms with E-state index in [1.54, 1.807) is 18.5 Å². The molecule has 72 valence electrons. The molecule has 0 saturated carbocycles. The Morgan fingerprint density at radius 1 is 1.31 bits per heavy atom. The molecule has 1 rings (SSSR count). The third-order valence-corrected chi connectivity index (χ3v) is 2.13. The number of nitrogens with zero attached hydrogens (tertiary/aromatic N) is 2. The Morgan fingerprint density at radius 3 is 2.31 bits per heavy atom. The molecular weight excluding hydrogens is 234 g/mol. The summed E-state index contributed by atoms with van der Waals surface area (Å²) >= 11 is 16.4. The molecule has 0 bridgehead atoms. The minimum absolute atomic E-state index is 0.122. The van der Waals surface area contributed by atoms with Crippen LogP contribution in [0.1, 0.15) is 5.82 Å². The van der Waals surface area contributed by atoms with E-state index in [0.29, 0.717) is 5.82 Å². The van der Waals surface area contributed by atoms with E-state index >= 15 is 0 Å². The normalized spacial score (nSPS) is 14.2. The first-order valence-electron chi connectivity index (χ1n) is 3.51. The van der Waals surface area contributed by atoms with Gasteiger partial charge in [-0.15, -0.1) is 0 Å². The van der Waals surface area contributed by atoms with Crippen molar-refractivity contribution in [2.45, 2.75) is 16.3 Å². The second-order valence-electron chi connectivity index (χ2n) is 2.43. The van der Waals surface area contributed by atoms with Crippen molar-refractivity contribution >= 4 is 34.8 Å². The molecule has 1 aromatic rings. The molecule has 13 heavy (non-hydrogen) atoms. The number of hydrogen-bond donors (Lipinski definition) is 1. The number of rotatable bonds is 2. The lowest BCUT2D eigenvalue weighted by Crippen LogP contribution is -2.28. The van der Waals surface area contributed by atoms with Gasteiger partial charge in [0.05, 0.1) is 0 Å². The van der Waals surface area contributed by atoms with Gasteiger partial charge in [0.2, 0.25) is 3.79 Å². The number of alkyl halides is 3. The molecule has 0 aliphatic heterocycles. The van der Waals surface area contributed by atoms with E-state index in [1.807, 2.05) is 0 Å². The minimum Gasteiger partial charge on any atom is -0.388 e. The van der Waals surface area contributed by atoms with Gasteiger partial charge < -0.3 is 5.11 Å². The van der Waals surface area contributed by atoms with Crippen molar-refractivity contribution < 1.29 is 5.11 Å². The van der Waals surface area contributed by atoms with Crippen LogP contribution < -0.4 is 0 Å². The maximum atomic E-state index is 9.36. The van der Waals surface area contributed by atoms with Crippen molar-refractivity contribution in [1.29, 1.82) is 0 Å². The summed E-state index contributed by atoms with van der Waals surface area (Å²) in [6, 6.07) is 1.67. The van der Waals surface area contributed by atoms with Crippen LogP contribution in [0, 0.1) is 0 Å². The molecule has 0 saturated heterocycles. The molecule has 0 radical (unpaired) electrons. The van der Waals surface area contributed by atoms with Crippen LogP contribution in [0.4, 0.5) is 0 Å². The summed E-state index contributed by atoms with van der Waals surface area (Å²) in [6.07, 6.45) is 2.15. The lowest BCUT2D eigenvalue weighted by molar-refractivity contribution is 0.176. The highest BCUT2D eigenvalue weighted by Gasteiger charge is 2.31. The van der Waals surface area contributed by atoms with Gasteiger partial charge in [-0.05, 0) is 6.07 Å². The predicted molar refractivity (Wildman–Crippen MR) is 52.0 cm³/mol. The SMILES string of the molecule is OC(Cc1ncccn1)C(Cl)(Cl)Cl. The monoisotopic (exact) mass is 240 g/mol. The lowest BCUT2D eigenvalue weighted by atomic mass is 10.2. The Kier molecular flexibility index (Phi) is 3.74. The Hall–Kier alpha value is -0.0900. The van der Waals surface area contributed by atoms with Gasteiger partial charge in [-0.25, -0.2) is 9.97 Å². The van der Waals surface area contributed by atoms with Gasteiger partial charge in [-0.1, -0.05) is 34.8 Å². The Bertz CT molecular complexity index is 262. The summed E-state index contributed by atoms with van der Waals surface area (Å²) in [7, 11) is 0. The zero-order valence-corrected chi connectivity index (χ0v) is 8.76. The molecule has 0 fully saturated rings. The van der Waals surface area contributed by atoms with Crippen LogP contribution in [0.5, 0.6) is 0 Å². The second-order valence-corrected chi connectivity index (χ2v) is 4.80. The Labute approximate surface area is 90.7 Å². The molecule has 1 atom stereocenters. The molecule has 3 nitrogen and oxygen atoms in total. The van der Waals surface area contributed by atoms with Gasteiger partial charge in [0.25, 0.3) is 0 Å². The molecule has 0 spiro atoms. The quantitative estimate of drug-likeness (QED) is 0.803. The first-order valence-corrected chi connectivity index (χ1v) is 4.64. The average molecular weight is 242 g/mol. The number of halogens is 3. The number of aliphatic hydroxyl groups is 1. The minimum atomic E-state index is -1.70. The lowest BCUT2D eigenvalue weighted by Gasteiger charge is -2.17. The van der Waals surface area contributed by atoms with Crippen molar-refractivity contribution in [2.75, 3.05) is 0 Å². The van der Waals surface area contributed by atoms with E-state index in [9.17, 15) is 5.11 Å². The average Bonchev–Trinajstić information content (AvgIpc) is 2.04. The molecule has 0 aromatic carbocycles. The topological polar surface area (TPSA) is 46.0 Å². The number of aromatic nitrogens is 2. The zero-order chi connectivity index (χ0) is 9.90. The summed E-state index contributed by atoms with van der Waals surface area (Å²) < 4.78 is -1.70. The van der Waals surface area contributed by atoms with E-state index in [1.165, 1.54) is 0 Å². The van der Waals surface area contributed by atoms with Crippen LogP contribution in [0.2, 0.25) is 0 Å². The Balaban J connectivity index is 2.61. The van der Waals surface area contributed by atoms with E-state index in [2.05, 4.69) is 9.97 Å². The first-order chi connectivity index (χ1) is 6.00. The van der Waals surface area contributed by atoms with Gasteiger partial charge in [0.15, 0.2) is 0 Å². The number of aliphatic hydroxyl groups excluding tert-OH is 1. The molecule has 6 heteroatoms. The molecule has 1 heterocycles. The van der Waals surface area contributed by atoms with Crippen LogP contribution in [-0.2, 0) is 6.42 Å². The predicted octanol–water partition coefficient (Wildman–Crippen LogP) is 1.75. The molecule has 0 aliphatic rings. The second kappa shape index (κ2) is 4.42. The first kappa shape index (κ1) is 11.0. The van der Waals surface area contributed by atoms with Crippen molar-refractivity contribution in [3.05, 3.63) is 24.3 Å². The van der Waals surface area contributed by atoms with E-state index in [-0.39, 0.29) is 6.42 Å². The van der Waals surface area contributed by atoms with Crippen molar-refractivity contribution in [2.24, 2.45) is 0 Å². The van der Waals surface area contributed by atoms with Gasteiger partial charge in [0, 0.05) is 18.8 Å². The molecule has 1 N–H and O–H groups in total. The standard InChI is InChI=1S/C7H7Cl3N2O/c8-7(9,10)5(13)4-6-11-2-1-3-12-6/h1-3,5,13H,4H2. The van der Waals surface area contributed by atoms with E-state index < -0.39 is 9.90 Å². The molecule has 1 aromatic heterocycles. The van der Waals surface area contributed by atoms with Crippen molar-refractivity contribution in [3.63, 3.8) is 0 Å². The maximum absolute atomic E-state index is 9.36. The fourth-order valence-corrected chi connectivity index (χ4v) is 0.955. The summed E-state index contributed by atoms with van der Waals surface area (Å²) in [6.45, 7) is 0. The van der Waals surface area contributed by atoms with Gasteiger partial charge >= 0.3 is 0 Å². The van der Waals surface area contributed by atoms with Crippen LogP contribution in [-0.4, -0.2) is 25.0 Å². The smallest absolute Gasteiger partial charge is 0.216 e. The van der Waals surface area contributed by atoms with Crippen molar-refractivity contribution in [3.8, 4) is 0 Å². The zero-order valence-electron chi connectivity index (χ0n) is 6.49. The number of hydrogen-bond acceptors (Lipinski definition) is 3. The Morgan fingerprint density at radius 2 is 1.85 bits per heavy atom. The molecule has 1 unspecified atom stereocenters. The summed E-state index contributed by atoms with van der Waals surface area (Å²) in [5, 5.41) is 9.36. The summed E-state index contributed by atoms with van der Waals surface area (Å²) in [5.74, 6) is 0.446. The largest absolute Gasteiger partial charge is 0.388 e. The fraction of sp³-hybridized carbons (Fsp3) is 0.429. The van der Waals surface area contributed by atoms with Gasteiger partial charge in [-0.3, -0.25) is 0 Å². The third-order valence-electron chi connectivity index (χ3n) is 1.37. The van der Waals surface area contributed by atoms with Crippen LogP contribution in [0.25, 0.3) is 0 Å². The highest BCUT2D eigenvalue weighted by Crippen LogP contribution is 2.31. The summed E-state index contributed by atoms with van der Waals surface area (Å²) in [4.78, 5) is 7.77. The van der Waals surface area contributed by atoms with E-state index in [0.717, 1.165) is 0 Å². The molecule has 0 amide bonds. The molecule has 0 aliphatic carbocycles. The molecular formula is C7H7Cl3N2O. The maximum Gasteiger partial charge on any atom is 0.216 e. The highest BCUT2D eigenvalue weighted by molar-refractivity contribution is 6.68. The van der Waals surface area contributed by atoms with Gasteiger partial charge in [0.1, 0.15) is 11.9 Å². The summed E-state index contributed by atoms with van der Waals surface area (Å²) in [5.41, 5.74) is 0.